The maximum atomic E-state index is 10.3. The Balaban J connectivity index is 0.000000187. The molecule has 3 fully saturated rings. The zero-order chi connectivity index (χ0) is 59.6. The molecule has 5 atom stereocenters. The monoisotopic (exact) mass is 1230 g/mol. The second-order valence-corrected chi connectivity index (χ2v) is 25.7. The summed E-state index contributed by atoms with van der Waals surface area (Å²) in [4.78, 5) is 11.6. The van der Waals surface area contributed by atoms with E-state index < -0.39 is 6.10 Å². The lowest BCUT2D eigenvalue weighted by Crippen LogP contribution is -2.39. The van der Waals surface area contributed by atoms with E-state index in [0.717, 1.165) is 116 Å². The third-order valence-electron chi connectivity index (χ3n) is 18.4. The van der Waals surface area contributed by atoms with Crippen molar-refractivity contribution in [1.29, 1.82) is 0 Å². The summed E-state index contributed by atoms with van der Waals surface area (Å²) in [6, 6.07) is 44.5. The second kappa shape index (κ2) is 40.5. The lowest BCUT2D eigenvalue weighted by atomic mass is 9.98. The highest BCUT2D eigenvalue weighted by molar-refractivity contribution is 5.32. The molecule has 0 amide bonds. The van der Waals surface area contributed by atoms with Gasteiger partial charge in [-0.3, -0.25) is 19.6 Å². The quantitative estimate of drug-likeness (QED) is 0.0520. The molecule has 13 nitrogen and oxygen atoms in total. The molecular formula is C76H117N5O8. The summed E-state index contributed by atoms with van der Waals surface area (Å²) in [5.41, 5.74) is 12.5. The Kier molecular flexibility index (Phi) is 33.5. The molecule has 5 aromatic rings. The molecule has 4 N–H and O–H groups in total. The van der Waals surface area contributed by atoms with E-state index in [1.807, 2.05) is 30.3 Å². The molecule has 5 aliphatic heterocycles. The number of benzene rings is 5. The fourth-order valence-corrected chi connectivity index (χ4v) is 13.5. The van der Waals surface area contributed by atoms with Crippen molar-refractivity contribution in [3.8, 4) is 0 Å². The molecule has 89 heavy (non-hydrogen) atoms. The van der Waals surface area contributed by atoms with Gasteiger partial charge in [0.1, 0.15) is 0 Å². The number of β-amino-alcohol motifs (C(OH)–C–C–N with tert-alkyl or cyclic N) is 4. The average molecular weight is 1230 g/mol. The van der Waals surface area contributed by atoms with Crippen LogP contribution < -0.4 is 0 Å². The van der Waals surface area contributed by atoms with Crippen molar-refractivity contribution in [1.82, 2.24) is 24.5 Å². The van der Waals surface area contributed by atoms with Crippen molar-refractivity contribution in [2.75, 3.05) is 98.9 Å². The SMILES string of the molecule is C.C.C.CN1CCC(OCC(O)CN2CCc3ccccc3C2)C1.OC(COC1CCCCC1)CN1CCc2ccccc2C1.OC(COC1CCCCCC1)CN1CCc2ccccc2C1.OC(COCc1ccccc1)CN1CCc2ccccc2C1. The van der Waals surface area contributed by atoms with Crippen molar-refractivity contribution in [3.05, 3.63) is 177 Å². The van der Waals surface area contributed by atoms with Crippen molar-refractivity contribution < 1.29 is 39.4 Å². The van der Waals surface area contributed by atoms with Gasteiger partial charge in [-0.05, 0) is 115 Å². The van der Waals surface area contributed by atoms with Crippen LogP contribution >= 0.6 is 0 Å². The number of aliphatic hydroxyl groups is 4. The Bertz CT molecular complexity index is 2600. The normalized spacial score (nSPS) is 20.5. The van der Waals surface area contributed by atoms with Crippen LogP contribution in [0, 0.1) is 0 Å². The van der Waals surface area contributed by atoms with Crippen molar-refractivity contribution in [2.24, 2.45) is 0 Å². The molecule has 494 valence electrons. The summed E-state index contributed by atoms with van der Waals surface area (Å²) in [7, 11) is 2.12. The zero-order valence-electron chi connectivity index (χ0n) is 52.1. The van der Waals surface area contributed by atoms with E-state index in [2.05, 4.69) is 129 Å². The van der Waals surface area contributed by atoms with Crippen LogP contribution in [-0.4, -0.2) is 187 Å². The van der Waals surface area contributed by atoms with Crippen LogP contribution in [0.2, 0.25) is 0 Å². The van der Waals surface area contributed by atoms with Gasteiger partial charge in [0.15, 0.2) is 0 Å². The summed E-state index contributed by atoms with van der Waals surface area (Å²) in [6.07, 6.45) is 18.7. The Hall–Kier alpha value is -4.42. The second-order valence-electron chi connectivity index (χ2n) is 25.7. The van der Waals surface area contributed by atoms with Crippen LogP contribution in [0.1, 0.15) is 149 Å². The average Bonchev–Trinajstić information content (AvgIpc) is 3.98. The molecule has 0 aromatic heterocycles. The van der Waals surface area contributed by atoms with E-state index in [4.69, 9.17) is 18.9 Å². The van der Waals surface area contributed by atoms with Gasteiger partial charge in [0.2, 0.25) is 0 Å². The Morgan fingerprint density at radius 2 is 0.663 bits per heavy atom. The van der Waals surface area contributed by atoms with Gasteiger partial charge in [0.25, 0.3) is 0 Å². The maximum absolute atomic E-state index is 10.3. The number of ether oxygens (including phenoxy) is 4. The minimum absolute atomic E-state index is 0. The van der Waals surface area contributed by atoms with Crippen molar-refractivity contribution in [2.45, 2.75) is 201 Å². The number of nitrogens with zero attached hydrogens (tertiary/aromatic N) is 5. The Labute approximate surface area is 538 Å². The molecule has 5 unspecified atom stereocenters. The van der Waals surface area contributed by atoms with E-state index in [9.17, 15) is 20.4 Å². The molecule has 5 heterocycles. The summed E-state index contributed by atoms with van der Waals surface area (Å²) in [5.74, 6) is 0. The first kappa shape index (κ1) is 73.6. The third-order valence-corrected chi connectivity index (χ3v) is 18.4. The highest BCUT2D eigenvalue weighted by atomic mass is 16.5. The number of rotatable bonds is 21. The van der Waals surface area contributed by atoms with Crippen molar-refractivity contribution >= 4 is 0 Å². The summed E-state index contributed by atoms with van der Waals surface area (Å²) >= 11 is 0. The van der Waals surface area contributed by atoms with E-state index >= 15 is 0 Å². The molecule has 0 bridgehead atoms. The fraction of sp³-hybridized carbons (Fsp3) is 0.605. The van der Waals surface area contributed by atoms with E-state index in [1.165, 1.54) is 115 Å². The first-order valence-corrected chi connectivity index (χ1v) is 33.2. The Morgan fingerprint density at radius 1 is 0.360 bits per heavy atom. The third kappa shape index (κ3) is 25.9. The minimum Gasteiger partial charge on any atom is -0.389 e. The first-order valence-electron chi connectivity index (χ1n) is 33.2. The van der Waals surface area contributed by atoms with Gasteiger partial charge >= 0.3 is 0 Å². The highest BCUT2D eigenvalue weighted by Gasteiger charge is 2.26. The molecule has 0 radical (unpaired) electrons. The maximum Gasteiger partial charge on any atom is 0.0900 e. The molecule has 13 heteroatoms. The molecular weight excluding hydrogens is 1110 g/mol. The van der Waals surface area contributed by atoms with Gasteiger partial charge in [-0.1, -0.05) is 195 Å². The smallest absolute Gasteiger partial charge is 0.0900 e. The first-order chi connectivity index (χ1) is 42.1. The van der Waals surface area contributed by atoms with Crippen LogP contribution in [0.5, 0.6) is 0 Å². The summed E-state index contributed by atoms with van der Waals surface area (Å²) < 4.78 is 23.3. The van der Waals surface area contributed by atoms with Gasteiger partial charge in [-0.15, -0.1) is 0 Å². The molecule has 1 saturated heterocycles. The fourth-order valence-electron chi connectivity index (χ4n) is 13.5. The number of fused-ring (bicyclic) bond motifs is 4. The predicted molar refractivity (Wildman–Crippen MR) is 364 cm³/mol. The lowest BCUT2D eigenvalue weighted by molar-refractivity contribution is -0.0344. The largest absolute Gasteiger partial charge is 0.389 e. The van der Waals surface area contributed by atoms with E-state index in [-0.39, 0.29) is 40.6 Å². The number of hydrogen-bond donors (Lipinski definition) is 4. The number of aliphatic hydroxyl groups excluding tert-OH is 4. The minimum atomic E-state index is -0.436. The molecule has 5 aromatic carbocycles. The standard InChI is InChI=1S/C19H23NO2.C19H29NO2.C18H27NO2.C17H26N2O2.3CH4/c21-19(15-22-14-16-6-2-1-3-7-16)13-20-11-10-17-8-4-5-9-18(17)12-20;21-18(15-22-19-9-3-1-2-4-10-19)14-20-12-11-16-7-5-6-8-17(16)13-20;20-17(14-21-18-8-2-1-3-9-18)13-19-11-10-15-6-4-5-7-16(15)12-19;1-18-8-7-17(12-18)21-13-16(20)11-19-9-6-14-4-2-3-5-15(14)10-19;;;/h1-9,19,21H,10-15H2;5-8,18-19,21H,1-4,9-15H2;4-7,17-18,20H,1-3,8-14H2;2-5,16-17,20H,6-13H2,1H3;3*1H4. The van der Waals surface area contributed by atoms with E-state index in [1.54, 1.807) is 0 Å². The van der Waals surface area contributed by atoms with Crippen molar-refractivity contribution in [3.63, 3.8) is 0 Å². The lowest BCUT2D eigenvalue weighted by Gasteiger charge is -2.31. The van der Waals surface area contributed by atoms with Crippen LogP contribution in [-0.2, 0) is 77.4 Å². The molecule has 0 spiro atoms. The predicted octanol–water partition coefficient (Wildman–Crippen LogP) is 11.6. The van der Waals surface area contributed by atoms with Crippen LogP contribution in [0.15, 0.2) is 127 Å². The van der Waals surface area contributed by atoms with Gasteiger partial charge in [0.05, 0.1) is 75.8 Å². The van der Waals surface area contributed by atoms with Gasteiger partial charge in [-0.25, -0.2) is 0 Å². The molecule has 2 aliphatic carbocycles. The van der Waals surface area contributed by atoms with Crippen LogP contribution in [0.3, 0.4) is 0 Å². The number of hydrogen-bond acceptors (Lipinski definition) is 13. The molecule has 12 rings (SSSR count). The summed E-state index contributed by atoms with van der Waals surface area (Å²) in [5, 5.41) is 40.9. The Morgan fingerprint density at radius 3 is 1.00 bits per heavy atom. The number of likely N-dealkylation sites (N-methyl/N-ethyl adjacent to an activating group) is 1. The van der Waals surface area contributed by atoms with Crippen LogP contribution in [0.25, 0.3) is 0 Å². The van der Waals surface area contributed by atoms with Crippen LogP contribution in [0.4, 0.5) is 0 Å². The van der Waals surface area contributed by atoms with Gasteiger partial charge in [-0.2, -0.15) is 0 Å². The van der Waals surface area contributed by atoms with Gasteiger partial charge in [0, 0.05) is 91.6 Å². The van der Waals surface area contributed by atoms with E-state index in [0.29, 0.717) is 64.4 Å². The van der Waals surface area contributed by atoms with Gasteiger partial charge < -0.3 is 44.3 Å². The highest BCUT2D eigenvalue weighted by Crippen LogP contribution is 2.25. The molecule has 2 saturated carbocycles. The number of likely N-dealkylation sites (tertiary alicyclic amines) is 1. The zero-order valence-corrected chi connectivity index (χ0v) is 52.1. The molecule has 7 aliphatic rings. The summed E-state index contributed by atoms with van der Waals surface area (Å²) in [6.45, 7) is 15.2. The topological polar surface area (TPSA) is 134 Å².